The summed E-state index contributed by atoms with van der Waals surface area (Å²) in [7, 11) is 1.89. The van der Waals surface area contributed by atoms with Gasteiger partial charge < -0.3 is 15.7 Å². The second-order valence-corrected chi connectivity index (χ2v) is 5.54. The highest BCUT2D eigenvalue weighted by Gasteiger charge is 2.28. The number of benzene rings is 1. The molecule has 1 saturated carbocycles. The summed E-state index contributed by atoms with van der Waals surface area (Å²) in [5, 5.41) is 9.81. The molecule has 6 nitrogen and oxygen atoms in total. The van der Waals surface area contributed by atoms with Crippen LogP contribution >= 0.6 is 0 Å². The second kappa shape index (κ2) is 4.79. The number of nitrogens with two attached hydrogens (primary N) is 1. The normalized spacial score (nSPS) is 21.7. The number of rotatable bonds is 3. The van der Waals surface area contributed by atoms with Crippen LogP contribution in [-0.4, -0.2) is 34.8 Å². The lowest BCUT2D eigenvalue weighted by Crippen LogP contribution is -2.38. The largest absolute Gasteiger partial charge is 0.399 e. The van der Waals surface area contributed by atoms with E-state index in [0.29, 0.717) is 28.5 Å². The molecule has 0 bridgehead atoms. The molecule has 1 heterocycles. The lowest BCUT2D eigenvalue weighted by molar-refractivity contribution is 0.0463. The van der Waals surface area contributed by atoms with Gasteiger partial charge in [-0.2, -0.15) is 0 Å². The lowest BCUT2D eigenvalue weighted by atomic mass is 9.82. The van der Waals surface area contributed by atoms with E-state index in [-0.39, 0.29) is 11.7 Å². The van der Waals surface area contributed by atoms with E-state index < -0.39 is 0 Å². The van der Waals surface area contributed by atoms with Gasteiger partial charge in [0.05, 0.1) is 17.0 Å². The number of H-pyrrole nitrogens is 1. The smallest absolute Gasteiger partial charge is 0.260 e. The van der Waals surface area contributed by atoms with Crippen LogP contribution in [0.3, 0.4) is 0 Å². The predicted molar refractivity (Wildman–Crippen MR) is 78.8 cm³/mol. The molecule has 2 aromatic rings. The van der Waals surface area contributed by atoms with Gasteiger partial charge in [0, 0.05) is 19.3 Å². The van der Waals surface area contributed by atoms with Gasteiger partial charge >= 0.3 is 0 Å². The zero-order valence-corrected chi connectivity index (χ0v) is 11.3. The topological polar surface area (TPSA) is 95.2 Å². The zero-order chi connectivity index (χ0) is 14.3. The number of hydrogen-bond acceptors (Lipinski definition) is 5. The summed E-state index contributed by atoms with van der Waals surface area (Å²) in [4.78, 5) is 21.2. The first-order valence-electron chi connectivity index (χ1n) is 6.71. The van der Waals surface area contributed by atoms with Gasteiger partial charge in [-0.3, -0.25) is 9.78 Å². The van der Waals surface area contributed by atoms with Crippen LogP contribution < -0.4 is 16.2 Å². The monoisotopic (exact) mass is 274 g/mol. The van der Waals surface area contributed by atoms with Gasteiger partial charge in [0.1, 0.15) is 0 Å². The molecule has 0 radical (unpaired) electrons. The van der Waals surface area contributed by atoms with Gasteiger partial charge in [0.15, 0.2) is 0 Å². The highest BCUT2D eigenvalue weighted by molar-refractivity contribution is 5.81. The maximum Gasteiger partial charge on any atom is 0.260 e. The van der Waals surface area contributed by atoms with Crippen LogP contribution in [-0.2, 0) is 0 Å². The third-order valence-corrected chi connectivity index (χ3v) is 3.82. The Kier molecular flexibility index (Phi) is 3.10. The van der Waals surface area contributed by atoms with Gasteiger partial charge in [0.25, 0.3) is 5.56 Å². The maximum absolute atomic E-state index is 12.1. The fourth-order valence-electron chi connectivity index (χ4n) is 2.65. The molecule has 106 valence electrons. The van der Waals surface area contributed by atoms with Gasteiger partial charge in [-0.25, -0.2) is 4.98 Å². The van der Waals surface area contributed by atoms with Crippen molar-refractivity contribution in [3.05, 3.63) is 28.6 Å². The molecule has 0 spiro atoms. The Morgan fingerprint density at radius 2 is 2.25 bits per heavy atom. The van der Waals surface area contributed by atoms with Crippen molar-refractivity contribution in [2.45, 2.75) is 18.9 Å². The predicted octanol–water partition coefficient (Wildman–Crippen LogP) is 0.712. The molecule has 0 amide bonds. The number of nitrogens with zero attached hydrogens (tertiary/aromatic N) is 2. The fourth-order valence-corrected chi connectivity index (χ4v) is 2.65. The van der Waals surface area contributed by atoms with E-state index in [9.17, 15) is 9.90 Å². The summed E-state index contributed by atoms with van der Waals surface area (Å²) < 4.78 is 0. The quantitative estimate of drug-likeness (QED) is 0.717. The summed E-state index contributed by atoms with van der Waals surface area (Å²) >= 11 is 0. The molecule has 1 aliphatic carbocycles. The van der Waals surface area contributed by atoms with Crippen molar-refractivity contribution >= 4 is 22.5 Å². The van der Waals surface area contributed by atoms with Crippen LogP contribution in [0.25, 0.3) is 10.9 Å². The number of aromatic nitrogens is 2. The van der Waals surface area contributed by atoms with Crippen LogP contribution in [0.1, 0.15) is 12.8 Å². The highest BCUT2D eigenvalue weighted by Crippen LogP contribution is 2.28. The average molecular weight is 274 g/mol. The molecule has 1 aromatic carbocycles. The van der Waals surface area contributed by atoms with Crippen LogP contribution in [0, 0.1) is 5.92 Å². The van der Waals surface area contributed by atoms with Crippen molar-refractivity contribution in [1.82, 2.24) is 9.97 Å². The standard InChI is InChI=1S/C14H18N4O2/c1-18(7-8-4-10(19)5-8)14-16-12-3-2-9(15)6-11(12)13(20)17-14/h2-3,6,8,10,19H,4-5,7,15H2,1H3,(H,16,17,20). The number of nitrogen functional groups attached to an aromatic ring is 1. The molecule has 0 saturated heterocycles. The van der Waals surface area contributed by atoms with E-state index in [1.54, 1.807) is 18.2 Å². The van der Waals surface area contributed by atoms with E-state index in [2.05, 4.69) is 9.97 Å². The molecule has 0 aliphatic heterocycles. The van der Waals surface area contributed by atoms with E-state index in [4.69, 9.17) is 5.73 Å². The Hall–Kier alpha value is -2.08. The number of anilines is 2. The molecular weight excluding hydrogens is 256 g/mol. The van der Waals surface area contributed by atoms with Crippen molar-refractivity contribution in [1.29, 1.82) is 0 Å². The Bertz CT molecular complexity index is 691. The van der Waals surface area contributed by atoms with Crippen molar-refractivity contribution < 1.29 is 5.11 Å². The Labute approximate surface area is 116 Å². The Balaban J connectivity index is 1.88. The maximum atomic E-state index is 12.1. The number of fused-ring (bicyclic) bond motifs is 1. The van der Waals surface area contributed by atoms with Crippen molar-refractivity contribution in [3.63, 3.8) is 0 Å². The van der Waals surface area contributed by atoms with Gasteiger partial charge in [-0.15, -0.1) is 0 Å². The van der Waals surface area contributed by atoms with Gasteiger partial charge in [-0.1, -0.05) is 0 Å². The van der Waals surface area contributed by atoms with E-state index in [0.717, 1.165) is 19.4 Å². The third-order valence-electron chi connectivity index (χ3n) is 3.82. The summed E-state index contributed by atoms with van der Waals surface area (Å²) in [5.74, 6) is 1.01. The summed E-state index contributed by atoms with van der Waals surface area (Å²) in [6.45, 7) is 0.778. The van der Waals surface area contributed by atoms with Gasteiger partial charge in [0.2, 0.25) is 5.95 Å². The van der Waals surface area contributed by atoms with Crippen LogP contribution in [0.4, 0.5) is 11.6 Å². The van der Waals surface area contributed by atoms with E-state index in [1.807, 2.05) is 11.9 Å². The minimum absolute atomic E-state index is 0.167. The SMILES string of the molecule is CN(CC1CC(O)C1)c1nc2ccc(N)cc2c(=O)[nH]1. The van der Waals surface area contributed by atoms with Crippen molar-refractivity contribution in [3.8, 4) is 0 Å². The van der Waals surface area contributed by atoms with E-state index >= 15 is 0 Å². The number of aromatic amines is 1. The first-order chi connectivity index (χ1) is 9.52. The first kappa shape index (κ1) is 12.9. The molecule has 1 aromatic heterocycles. The number of aliphatic hydroxyl groups is 1. The van der Waals surface area contributed by atoms with Gasteiger partial charge in [-0.05, 0) is 37.0 Å². The van der Waals surface area contributed by atoms with Crippen LogP contribution in [0.15, 0.2) is 23.0 Å². The molecule has 20 heavy (non-hydrogen) atoms. The minimum atomic E-state index is -0.183. The molecule has 3 rings (SSSR count). The van der Waals surface area contributed by atoms with E-state index in [1.165, 1.54) is 0 Å². The molecular formula is C14H18N4O2. The summed E-state index contributed by atoms with van der Waals surface area (Å²) in [6, 6.07) is 5.12. The molecule has 0 unspecified atom stereocenters. The fraction of sp³-hybridized carbons (Fsp3) is 0.429. The average Bonchev–Trinajstić information content (AvgIpc) is 2.37. The third kappa shape index (κ3) is 2.34. The Morgan fingerprint density at radius 1 is 1.50 bits per heavy atom. The summed E-state index contributed by atoms with van der Waals surface area (Å²) in [6.07, 6.45) is 1.47. The van der Waals surface area contributed by atoms with Crippen LogP contribution in [0.5, 0.6) is 0 Å². The molecule has 1 aliphatic rings. The number of nitrogens with one attached hydrogen (secondary N) is 1. The molecule has 0 atom stereocenters. The van der Waals surface area contributed by atoms with Crippen molar-refractivity contribution in [2.75, 3.05) is 24.2 Å². The lowest BCUT2D eigenvalue weighted by Gasteiger charge is -2.34. The highest BCUT2D eigenvalue weighted by atomic mass is 16.3. The second-order valence-electron chi connectivity index (χ2n) is 5.54. The number of aliphatic hydroxyl groups excluding tert-OH is 1. The molecule has 6 heteroatoms. The van der Waals surface area contributed by atoms with Crippen LogP contribution in [0.2, 0.25) is 0 Å². The Morgan fingerprint density at radius 3 is 2.95 bits per heavy atom. The number of hydrogen-bond donors (Lipinski definition) is 3. The molecule has 4 N–H and O–H groups in total. The minimum Gasteiger partial charge on any atom is -0.399 e. The zero-order valence-electron chi connectivity index (χ0n) is 11.3. The first-order valence-corrected chi connectivity index (χ1v) is 6.71. The summed E-state index contributed by atoms with van der Waals surface area (Å²) in [5.41, 5.74) is 6.69. The van der Waals surface area contributed by atoms with Crippen molar-refractivity contribution in [2.24, 2.45) is 5.92 Å². The molecule has 1 fully saturated rings.